The molecule has 2 aromatic heterocycles. The summed E-state index contributed by atoms with van der Waals surface area (Å²) in [5.74, 6) is 0.464. The summed E-state index contributed by atoms with van der Waals surface area (Å²) in [5, 5.41) is 3.37. The molecule has 0 fully saturated rings. The van der Waals surface area contributed by atoms with Crippen molar-refractivity contribution in [3.63, 3.8) is 0 Å². The lowest BCUT2D eigenvalue weighted by Crippen LogP contribution is -2.45. The molecular weight excluding hydrogens is 432 g/mol. The average Bonchev–Trinajstić information content (AvgIpc) is 3.44. The van der Waals surface area contributed by atoms with Gasteiger partial charge in [-0.1, -0.05) is 11.6 Å². The third-order valence-electron chi connectivity index (χ3n) is 4.96. The lowest BCUT2D eigenvalue weighted by atomic mass is 10.3. The largest absolute Gasteiger partial charge is 0.467 e. The maximum atomic E-state index is 13.3. The molecule has 0 atom stereocenters. The summed E-state index contributed by atoms with van der Waals surface area (Å²) < 4.78 is 12.5. The van der Waals surface area contributed by atoms with Crippen LogP contribution in [0.4, 0.5) is 10.5 Å². The number of urea groups is 1. The first-order valence-corrected chi connectivity index (χ1v) is 10.5. The van der Waals surface area contributed by atoms with Crippen LogP contribution in [0.5, 0.6) is 0 Å². The van der Waals surface area contributed by atoms with Crippen LogP contribution in [0.3, 0.4) is 0 Å². The van der Waals surface area contributed by atoms with Gasteiger partial charge in [0.15, 0.2) is 0 Å². The summed E-state index contributed by atoms with van der Waals surface area (Å²) >= 11 is 5.91. The molecule has 0 bridgehead atoms. The fourth-order valence-corrected chi connectivity index (χ4v) is 3.26. The number of aromatic nitrogens is 1. The van der Waals surface area contributed by atoms with E-state index in [2.05, 4.69) is 5.32 Å². The predicted octanol–water partition coefficient (Wildman–Crippen LogP) is 3.98. The van der Waals surface area contributed by atoms with Crippen molar-refractivity contribution in [3.05, 3.63) is 77.5 Å². The lowest BCUT2D eigenvalue weighted by Gasteiger charge is -2.27. The van der Waals surface area contributed by atoms with Gasteiger partial charge in [-0.2, -0.15) is 0 Å². The third kappa shape index (κ3) is 6.63. The Kier molecular flexibility index (Phi) is 8.35. The minimum absolute atomic E-state index is 0.103. The van der Waals surface area contributed by atoms with Gasteiger partial charge in [-0.3, -0.25) is 4.79 Å². The van der Waals surface area contributed by atoms with Gasteiger partial charge in [0.25, 0.3) is 0 Å². The van der Waals surface area contributed by atoms with Crippen LogP contribution in [0, 0.1) is 0 Å². The van der Waals surface area contributed by atoms with Gasteiger partial charge in [0.2, 0.25) is 5.91 Å². The standard InChI is InChI=1S/C23H27ClN4O4/c1-26-11-3-5-20(26)15-28(16-21-6-4-13-32-21)22(29)17-27(12-14-31-2)23(30)25-19-9-7-18(24)8-10-19/h3-11,13H,12,14-17H2,1-2H3,(H,25,30). The van der Waals surface area contributed by atoms with Crippen molar-refractivity contribution in [1.29, 1.82) is 0 Å². The van der Waals surface area contributed by atoms with Crippen molar-refractivity contribution in [2.24, 2.45) is 7.05 Å². The number of ether oxygens (including phenoxy) is 1. The van der Waals surface area contributed by atoms with Crippen molar-refractivity contribution in [2.45, 2.75) is 13.1 Å². The number of hydrogen-bond donors (Lipinski definition) is 1. The van der Waals surface area contributed by atoms with Crippen LogP contribution >= 0.6 is 11.6 Å². The van der Waals surface area contributed by atoms with Crippen LogP contribution in [0.1, 0.15) is 11.5 Å². The fourth-order valence-electron chi connectivity index (χ4n) is 3.13. The number of furan rings is 1. The summed E-state index contributed by atoms with van der Waals surface area (Å²) in [6.45, 7) is 1.15. The lowest BCUT2D eigenvalue weighted by molar-refractivity contribution is -0.133. The first-order chi connectivity index (χ1) is 15.5. The number of carbonyl (C=O) groups excluding carboxylic acids is 2. The molecule has 0 spiro atoms. The molecule has 8 nitrogen and oxygen atoms in total. The molecule has 3 amide bonds. The smallest absolute Gasteiger partial charge is 0.322 e. The highest BCUT2D eigenvalue weighted by molar-refractivity contribution is 6.30. The van der Waals surface area contributed by atoms with E-state index in [1.807, 2.05) is 36.0 Å². The van der Waals surface area contributed by atoms with Crippen molar-refractivity contribution in [3.8, 4) is 0 Å². The average molecular weight is 459 g/mol. The first-order valence-electron chi connectivity index (χ1n) is 10.2. The molecule has 3 rings (SSSR count). The molecule has 0 aliphatic rings. The molecular formula is C23H27ClN4O4. The number of carbonyl (C=O) groups is 2. The molecule has 0 radical (unpaired) electrons. The number of amides is 3. The molecule has 1 N–H and O–H groups in total. The zero-order valence-corrected chi connectivity index (χ0v) is 18.9. The Balaban J connectivity index is 1.73. The second-order valence-corrected chi connectivity index (χ2v) is 7.73. The van der Waals surface area contributed by atoms with E-state index < -0.39 is 6.03 Å². The van der Waals surface area contributed by atoms with Crippen molar-refractivity contribution in [2.75, 3.05) is 32.1 Å². The number of rotatable bonds is 10. The Morgan fingerprint density at radius 1 is 1.09 bits per heavy atom. The van der Waals surface area contributed by atoms with Crippen LogP contribution in [0.2, 0.25) is 5.02 Å². The van der Waals surface area contributed by atoms with Gasteiger partial charge in [-0.25, -0.2) is 4.79 Å². The van der Waals surface area contributed by atoms with Crippen LogP contribution in [0.15, 0.2) is 65.4 Å². The number of anilines is 1. The van der Waals surface area contributed by atoms with Crippen LogP contribution < -0.4 is 5.32 Å². The van der Waals surface area contributed by atoms with E-state index in [9.17, 15) is 9.59 Å². The van der Waals surface area contributed by atoms with E-state index in [1.54, 1.807) is 48.6 Å². The van der Waals surface area contributed by atoms with Crippen molar-refractivity contribution < 1.29 is 18.7 Å². The van der Waals surface area contributed by atoms with Gasteiger partial charge < -0.3 is 28.8 Å². The highest BCUT2D eigenvalue weighted by Gasteiger charge is 2.23. The summed E-state index contributed by atoms with van der Waals surface area (Å²) in [7, 11) is 3.48. The molecule has 1 aromatic carbocycles. The molecule has 170 valence electrons. The Labute approximate surface area is 192 Å². The molecule has 32 heavy (non-hydrogen) atoms. The molecule has 3 aromatic rings. The van der Waals surface area contributed by atoms with Gasteiger partial charge in [0, 0.05) is 43.3 Å². The second-order valence-electron chi connectivity index (χ2n) is 7.29. The van der Waals surface area contributed by atoms with E-state index >= 15 is 0 Å². The van der Waals surface area contributed by atoms with Crippen molar-refractivity contribution in [1.82, 2.24) is 14.4 Å². The normalized spacial score (nSPS) is 10.7. The van der Waals surface area contributed by atoms with Crippen molar-refractivity contribution >= 4 is 29.2 Å². The second kappa shape index (κ2) is 11.4. The van der Waals surface area contributed by atoms with E-state index in [4.69, 9.17) is 20.8 Å². The third-order valence-corrected chi connectivity index (χ3v) is 5.21. The van der Waals surface area contributed by atoms with Crippen LogP contribution in [-0.4, -0.2) is 53.1 Å². The monoisotopic (exact) mass is 458 g/mol. The van der Waals surface area contributed by atoms with E-state index in [0.29, 0.717) is 36.2 Å². The quantitative estimate of drug-likeness (QED) is 0.498. The predicted molar refractivity (Wildman–Crippen MR) is 122 cm³/mol. The first kappa shape index (κ1) is 23.4. The molecule has 0 unspecified atom stereocenters. The maximum absolute atomic E-state index is 13.3. The number of methoxy groups -OCH3 is 1. The summed E-state index contributed by atoms with van der Waals surface area (Å²) in [5.41, 5.74) is 1.56. The van der Waals surface area contributed by atoms with Crippen LogP contribution in [0.25, 0.3) is 0 Å². The zero-order chi connectivity index (χ0) is 22.9. The number of halogens is 1. The molecule has 0 saturated carbocycles. The van der Waals surface area contributed by atoms with E-state index in [0.717, 1.165) is 5.69 Å². The Morgan fingerprint density at radius 3 is 2.50 bits per heavy atom. The number of benzene rings is 1. The number of nitrogens with one attached hydrogen (secondary N) is 1. The number of aryl methyl sites for hydroxylation is 1. The van der Waals surface area contributed by atoms with E-state index in [1.165, 1.54) is 4.90 Å². The fraction of sp³-hybridized carbons (Fsp3) is 0.304. The summed E-state index contributed by atoms with van der Waals surface area (Å²) in [6.07, 6.45) is 3.50. The Bertz CT molecular complexity index is 1000. The highest BCUT2D eigenvalue weighted by atomic mass is 35.5. The number of hydrogen-bond acceptors (Lipinski definition) is 4. The molecule has 2 heterocycles. The molecule has 0 aliphatic carbocycles. The van der Waals surface area contributed by atoms with Crippen LogP contribution in [-0.2, 0) is 29.7 Å². The summed E-state index contributed by atoms with van der Waals surface area (Å²) in [6, 6.07) is 13.9. The Morgan fingerprint density at radius 2 is 1.88 bits per heavy atom. The van der Waals surface area contributed by atoms with E-state index in [-0.39, 0.29) is 19.0 Å². The minimum atomic E-state index is -0.394. The van der Waals surface area contributed by atoms with Gasteiger partial charge in [-0.05, 0) is 48.5 Å². The maximum Gasteiger partial charge on any atom is 0.322 e. The zero-order valence-electron chi connectivity index (χ0n) is 18.2. The highest BCUT2D eigenvalue weighted by Crippen LogP contribution is 2.15. The van der Waals surface area contributed by atoms with Gasteiger partial charge >= 0.3 is 6.03 Å². The number of nitrogens with zero attached hydrogens (tertiary/aromatic N) is 3. The molecule has 0 aliphatic heterocycles. The minimum Gasteiger partial charge on any atom is -0.467 e. The molecule has 9 heteroatoms. The van der Waals surface area contributed by atoms with Gasteiger partial charge in [0.05, 0.1) is 26.0 Å². The topological polar surface area (TPSA) is 80.0 Å². The van der Waals surface area contributed by atoms with Gasteiger partial charge in [-0.15, -0.1) is 0 Å². The SMILES string of the molecule is COCCN(CC(=O)N(Cc1ccco1)Cc1cccn1C)C(=O)Nc1ccc(Cl)cc1. The molecule has 0 saturated heterocycles. The van der Waals surface area contributed by atoms with Gasteiger partial charge in [0.1, 0.15) is 12.3 Å². The summed E-state index contributed by atoms with van der Waals surface area (Å²) in [4.78, 5) is 29.3. The Hall–Kier alpha value is -3.23.